The fraction of sp³-hybridized carbons (Fsp3) is 0.615. The molecule has 0 aromatic heterocycles. The van der Waals surface area contributed by atoms with Crippen molar-refractivity contribution in [2.24, 2.45) is 5.92 Å². The summed E-state index contributed by atoms with van der Waals surface area (Å²) in [6, 6.07) is 0. The van der Waals surface area contributed by atoms with E-state index in [2.05, 4.69) is 5.32 Å². The molecule has 106 valence electrons. The van der Waals surface area contributed by atoms with Gasteiger partial charge in [-0.2, -0.15) is 0 Å². The molecule has 0 aliphatic carbocycles. The molecule has 0 spiro atoms. The number of carbonyl (C=O) groups excluding carboxylic acids is 2. The highest BCUT2D eigenvalue weighted by Crippen LogP contribution is 2.19. The van der Waals surface area contributed by atoms with Crippen molar-refractivity contribution in [3.8, 4) is 0 Å². The molecule has 19 heavy (non-hydrogen) atoms. The first-order chi connectivity index (χ1) is 8.88. The fourth-order valence-electron chi connectivity index (χ4n) is 2.14. The van der Waals surface area contributed by atoms with Crippen LogP contribution in [0.25, 0.3) is 0 Å². The van der Waals surface area contributed by atoms with Crippen molar-refractivity contribution in [2.45, 2.75) is 26.7 Å². The zero-order valence-corrected chi connectivity index (χ0v) is 11.5. The van der Waals surface area contributed by atoms with Crippen LogP contribution in [0.3, 0.4) is 0 Å². The number of carboxylic acid groups (broad SMARTS) is 1. The minimum atomic E-state index is -1.09. The molecule has 2 amide bonds. The van der Waals surface area contributed by atoms with Gasteiger partial charge in [0, 0.05) is 31.3 Å². The van der Waals surface area contributed by atoms with Gasteiger partial charge in [-0.05, 0) is 26.7 Å². The summed E-state index contributed by atoms with van der Waals surface area (Å²) in [5, 5.41) is 11.5. The minimum Gasteiger partial charge on any atom is -0.478 e. The SMILES string of the molecule is CNC(=O)C1CCCN(C(=O)C(C)=C(C)C(=O)O)C1. The van der Waals surface area contributed by atoms with Gasteiger partial charge in [-0.15, -0.1) is 0 Å². The summed E-state index contributed by atoms with van der Waals surface area (Å²) in [6.07, 6.45) is 1.51. The lowest BCUT2D eigenvalue weighted by atomic mass is 9.96. The van der Waals surface area contributed by atoms with Crippen LogP contribution in [-0.4, -0.2) is 47.9 Å². The third kappa shape index (κ3) is 3.56. The van der Waals surface area contributed by atoms with Crippen molar-refractivity contribution in [1.82, 2.24) is 10.2 Å². The normalized spacial score (nSPS) is 20.6. The van der Waals surface area contributed by atoms with Crippen LogP contribution in [0.2, 0.25) is 0 Å². The molecule has 1 atom stereocenters. The molecule has 6 heteroatoms. The van der Waals surface area contributed by atoms with Gasteiger partial charge in [0.25, 0.3) is 0 Å². The summed E-state index contributed by atoms with van der Waals surface area (Å²) in [4.78, 5) is 36.2. The number of hydrogen-bond donors (Lipinski definition) is 2. The molecule has 1 saturated heterocycles. The van der Waals surface area contributed by atoms with Crippen LogP contribution >= 0.6 is 0 Å². The Labute approximate surface area is 112 Å². The predicted molar refractivity (Wildman–Crippen MR) is 69.4 cm³/mol. The van der Waals surface area contributed by atoms with Crippen LogP contribution in [0.5, 0.6) is 0 Å². The molecule has 0 saturated carbocycles. The van der Waals surface area contributed by atoms with Crippen LogP contribution in [0.15, 0.2) is 11.1 Å². The Bertz CT molecular complexity index is 428. The summed E-state index contributed by atoms with van der Waals surface area (Å²) in [5.41, 5.74) is 0.275. The maximum absolute atomic E-state index is 12.2. The Morgan fingerprint density at radius 3 is 2.37 bits per heavy atom. The Hall–Kier alpha value is -1.85. The van der Waals surface area contributed by atoms with Gasteiger partial charge < -0.3 is 15.3 Å². The smallest absolute Gasteiger partial charge is 0.331 e. The van der Waals surface area contributed by atoms with Crippen molar-refractivity contribution in [3.63, 3.8) is 0 Å². The topological polar surface area (TPSA) is 86.7 Å². The first-order valence-corrected chi connectivity index (χ1v) is 6.30. The number of nitrogens with one attached hydrogen (secondary N) is 1. The standard InChI is InChI=1S/C13H20N2O4/c1-8(9(2)13(18)19)12(17)15-6-4-5-10(7-15)11(16)14-3/h10H,4-7H2,1-3H3,(H,14,16)(H,18,19). The van der Waals surface area contributed by atoms with Crippen LogP contribution in [0.4, 0.5) is 0 Å². The second kappa shape index (κ2) is 6.36. The summed E-state index contributed by atoms with van der Waals surface area (Å²) < 4.78 is 0. The van der Waals surface area contributed by atoms with Gasteiger partial charge in [0.05, 0.1) is 5.92 Å². The van der Waals surface area contributed by atoms with Crippen molar-refractivity contribution in [2.75, 3.05) is 20.1 Å². The first-order valence-electron chi connectivity index (χ1n) is 6.30. The Kier molecular flexibility index (Phi) is 5.09. The summed E-state index contributed by atoms with van der Waals surface area (Å²) in [5.74, 6) is -1.67. The highest BCUT2D eigenvalue weighted by Gasteiger charge is 2.29. The number of piperidine rings is 1. The summed E-state index contributed by atoms with van der Waals surface area (Å²) in [7, 11) is 1.57. The molecule has 2 N–H and O–H groups in total. The van der Waals surface area contributed by atoms with E-state index in [4.69, 9.17) is 5.11 Å². The molecular formula is C13H20N2O4. The average Bonchev–Trinajstić information content (AvgIpc) is 2.43. The van der Waals surface area contributed by atoms with Gasteiger partial charge in [0.2, 0.25) is 11.8 Å². The van der Waals surface area contributed by atoms with Crippen molar-refractivity contribution >= 4 is 17.8 Å². The zero-order chi connectivity index (χ0) is 14.6. The third-order valence-corrected chi connectivity index (χ3v) is 3.53. The molecule has 1 heterocycles. The Morgan fingerprint density at radius 2 is 1.84 bits per heavy atom. The van der Waals surface area contributed by atoms with Gasteiger partial charge in [0.1, 0.15) is 0 Å². The van der Waals surface area contributed by atoms with Gasteiger partial charge in [-0.3, -0.25) is 9.59 Å². The molecule has 6 nitrogen and oxygen atoms in total. The molecule has 1 aliphatic rings. The van der Waals surface area contributed by atoms with E-state index < -0.39 is 5.97 Å². The Morgan fingerprint density at radius 1 is 1.21 bits per heavy atom. The lowest BCUT2D eigenvalue weighted by molar-refractivity contribution is -0.135. The van der Waals surface area contributed by atoms with E-state index >= 15 is 0 Å². The number of amides is 2. The van der Waals surface area contributed by atoms with Crippen molar-refractivity contribution in [3.05, 3.63) is 11.1 Å². The van der Waals surface area contributed by atoms with E-state index in [0.29, 0.717) is 13.1 Å². The van der Waals surface area contributed by atoms with Crippen LogP contribution < -0.4 is 5.32 Å². The van der Waals surface area contributed by atoms with Crippen LogP contribution in [0, 0.1) is 5.92 Å². The Balaban J connectivity index is 2.80. The van der Waals surface area contributed by atoms with Gasteiger partial charge >= 0.3 is 5.97 Å². The molecule has 0 aromatic rings. The molecule has 0 aromatic carbocycles. The highest BCUT2D eigenvalue weighted by atomic mass is 16.4. The summed E-state index contributed by atoms with van der Waals surface area (Å²) in [6.45, 7) is 3.84. The second-order valence-corrected chi connectivity index (χ2v) is 4.76. The van der Waals surface area contributed by atoms with E-state index in [9.17, 15) is 14.4 Å². The minimum absolute atomic E-state index is 0.0482. The van der Waals surface area contributed by atoms with Crippen molar-refractivity contribution in [1.29, 1.82) is 0 Å². The van der Waals surface area contributed by atoms with Gasteiger partial charge in [0.15, 0.2) is 0 Å². The molecule has 0 radical (unpaired) electrons. The van der Waals surface area contributed by atoms with Gasteiger partial charge in [-0.25, -0.2) is 4.79 Å². The van der Waals surface area contributed by atoms with Crippen LogP contribution in [0.1, 0.15) is 26.7 Å². The molecule has 1 fully saturated rings. The largest absolute Gasteiger partial charge is 0.478 e. The van der Waals surface area contributed by atoms with Crippen molar-refractivity contribution < 1.29 is 19.5 Å². The number of aliphatic carboxylic acids is 1. The van der Waals surface area contributed by atoms with Gasteiger partial charge in [-0.1, -0.05) is 0 Å². The third-order valence-electron chi connectivity index (χ3n) is 3.53. The second-order valence-electron chi connectivity index (χ2n) is 4.76. The van der Waals surface area contributed by atoms with E-state index in [1.807, 2.05) is 0 Å². The number of hydrogen-bond acceptors (Lipinski definition) is 3. The summed E-state index contributed by atoms with van der Waals surface area (Å²) >= 11 is 0. The van der Waals surface area contributed by atoms with E-state index in [1.54, 1.807) is 11.9 Å². The number of carbonyl (C=O) groups is 3. The highest BCUT2D eigenvalue weighted by molar-refractivity contribution is 6.01. The van der Waals surface area contributed by atoms with E-state index in [0.717, 1.165) is 12.8 Å². The number of nitrogens with zero attached hydrogens (tertiary/aromatic N) is 1. The fourth-order valence-corrected chi connectivity index (χ4v) is 2.14. The quantitative estimate of drug-likeness (QED) is 0.725. The molecule has 1 rings (SSSR count). The number of carboxylic acids is 1. The monoisotopic (exact) mass is 268 g/mol. The number of rotatable bonds is 3. The maximum atomic E-state index is 12.2. The first kappa shape index (κ1) is 15.2. The molecule has 0 bridgehead atoms. The van der Waals surface area contributed by atoms with Crippen LogP contribution in [-0.2, 0) is 14.4 Å². The lowest BCUT2D eigenvalue weighted by Crippen LogP contribution is -2.45. The molecule has 1 aliphatic heterocycles. The number of likely N-dealkylation sites (tertiary alicyclic amines) is 1. The molecular weight excluding hydrogens is 248 g/mol. The zero-order valence-electron chi connectivity index (χ0n) is 11.5. The lowest BCUT2D eigenvalue weighted by Gasteiger charge is -2.32. The van der Waals surface area contributed by atoms with E-state index in [1.165, 1.54) is 13.8 Å². The molecule has 1 unspecified atom stereocenters. The maximum Gasteiger partial charge on any atom is 0.331 e. The predicted octanol–water partition coefficient (Wildman–Crippen LogP) is 0.392. The average molecular weight is 268 g/mol. The van der Waals surface area contributed by atoms with E-state index in [-0.39, 0.29) is 28.9 Å².